The highest BCUT2D eigenvalue weighted by Gasteiger charge is 2.10. The molecule has 1 rings (SSSR count). The molecule has 0 spiro atoms. The van der Waals surface area contributed by atoms with Gasteiger partial charge in [-0.05, 0) is 6.07 Å². The molecule has 1 aromatic heterocycles. The minimum Gasteiger partial charge on any atom is -0.395 e. The van der Waals surface area contributed by atoms with Gasteiger partial charge in [0.25, 0.3) is 12.3 Å². The molecule has 0 aliphatic heterocycles. The van der Waals surface area contributed by atoms with E-state index in [0.717, 1.165) is 0 Å². The first kappa shape index (κ1) is 13.6. The second-order valence-electron chi connectivity index (χ2n) is 3.08. The number of aliphatic hydroxyl groups is 1. The van der Waals surface area contributed by atoms with Crippen molar-refractivity contribution in [2.24, 2.45) is 0 Å². The summed E-state index contributed by atoms with van der Waals surface area (Å²) < 4.78 is 23.7. The summed E-state index contributed by atoms with van der Waals surface area (Å²) in [6.45, 7) is -0.666. The number of halogens is 2. The Labute approximate surface area is 101 Å². The van der Waals surface area contributed by atoms with Crippen LogP contribution in [0.15, 0.2) is 11.4 Å². The predicted molar refractivity (Wildman–Crippen MR) is 61.2 cm³/mol. The van der Waals surface area contributed by atoms with Crippen molar-refractivity contribution in [1.29, 1.82) is 0 Å². The quantitative estimate of drug-likeness (QED) is 0.805. The van der Waals surface area contributed by atoms with Crippen LogP contribution in [0.25, 0.3) is 0 Å². The van der Waals surface area contributed by atoms with Crippen LogP contribution in [0.4, 0.5) is 8.78 Å². The number of hydrogen-bond acceptors (Lipinski definition) is 3. The maximum Gasteiger partial charge on any atom is 0.255 e. The molecule has 6 heteroatoms. The number of nitrogens with one attached hydrogen (secondary N) is 1. The molecule has 2 N–H and O–H groups in total. The van der Waals surface area contributed by atoms with Crippen molar-refractivity contribution in [2.45, 2.75) is 12.8 Å². The maximum atomic E-state index is 11.9. The number of thiophene rings is 1. The normalized spacial score (nSPS) is 9.88. The van der Waals surface area contributed by atoms with Crippen LogP contribution in [-0.4, -0.2) is 30.6 Å². The van der Waals surface area contributed by atoms with Crippen LogP contribution in [0.1, 0.15) is 21.7 Å². The largest absolute Gasteiger partial charge is 0.395 e. The Morgan fingerprint density at radius 1 is 1.59 bits per heavy atom. The number of alkyl halides is 2. The van der Waals surface area contributed by atoms with E-state index in [9.17, 15) is 13.6 Å². The van der Waals surface area contributed by atoms with Crippen molar-refractivity contribution in [3.05, 3.63) is 21.9 Å². The number of aliphatic hydroxyl groups excluding tert-OH is 1. The molecule has 17 heavy (non-hydrogen) atoms. The third kappa shape index (κ3) is 4.93. The van der Waals surface area contributed by atoms with E-state index >= 15 is 0 Å². The lowest BCUT2D eigenvalue weighted by Gasteiger charge is -2.01. The van der Waals surface area contributed by atoms with Crippen molar-refractivity contribution in [3.8, 4) is 11.8 Å². The number of carbonyl (C=O) groups excluding carboxylic acids is 1. The Morgan fingerprint density at radius 2 is 2.35 bits per heavy atom. The van der Waals surface area contributed by atoms with Gasteiger partial charge < -0.3 is 10.4 Å². The fourth-order valence-corrected chi connectivity index (χ4v) is 1.75. The van der Waals surface area contributed by atoms with Crippen molar-refractivity contribution in [3.63, 3.8) is 0 Å². The second kappa shape index (κ2) is 6.99. The molecule has 0 aliphatic carbocycles. The molecule has 0 fully saturated rings. The summed E-state index contributed by atoms with van der Waals surface area (Å²) in [4.78, 5) is 12.0. The second-order valence-corrected chi connectivity index (χ2v) is 3.99. The first-order valence-corrected chi connectivity index (χ1v) is 5.76. The number of rotatable bonds is 4. The monoisotopic (exact) mass is 259 g/mol. The minimum absolute atomic E-state index is 0.0138. The van der Waals surface area contributed by atoms with Gasteiger partial charge in [0.05, 0.1) is 23.6 Å². The topological polar surface area (TPSA) is 49.3 Å². The van der Waals surface area contributed by atoms with Gasteiger partial charge in [-0.25, -0.2) is 8.78 Å². The van der Waals surface area contributed by atoms with E-state index in [2.05, 4.69) is 17.2 Å². The molecule has 0 unspecified atom stereocenters. The molecule has 92 valence electrons. The standard InChI is InChI=1S/C11H11F2NO2S/c12-10(13)6-14-11(16)8-5-9(17-7-8)3-1-2-4-15/h5,7,10,15H,2,4,6H2,(H,14,16). The van der Waals surface area contributed by atoms with Crippen LogP contribution >= 0.6 is 11.3 Å². The average Bonchev–Trinajstić information content (AvgIpc) is 2.75. The molecule has 0 aromatic carbocycles. The van der Waals surface area contributed by atoms with Crippen LogP contribution < -0.4 is 5.32 Å². The molecule has 0 saturated heterocycles. The first-order chi connectivity index (χ1) is 8.13. The van der Waals surface area contributed by atoms with Gasteiger partial charge in [-0.15, -0.1) is 11.3 Å². The summed E-state index contributed by atoms with van der Waals surface area (Å²) in [6.07, 6.45) is -2.19. The highest BCUT2D eigenvalue weighted by atomic mass is 32.1. The predicted octanol–water partition coefficient (Wildman–Crippen LogP) is 1.48. The van der Waals surface area contributed by atoms with E-state index in [4.69, 9.17) is 5.11 Å². The maximum absolute atomic E-state index is 11.9. The average molecular weight is 259 g/mol. The van der Waals surface area contributed by atoms with E-state index < -0.39 is 18.9 Å². The van der Waals surface area contributed by atoms with Crippen molar-refractivity contribution < 1.29 is 18.7 Å². The molecule has 0 aliphatic rings. The third-order valence-corrected chi connectivity index (χ3v) is 2.57. The smallest absolute Gasteiger partial charge is 0.255 e. The molecule has 1 heterocycles. The van der Waals surface area contributed by atoms with E-state index in [1.807, 2.05) is 0 Å². The molecule has 0 atom stereocenters. The number of amides is 1. The Hall–Kier alpha value is -1.45. The molecular weight excluding hydrogens is 248 g/mol. The fourth-order valence-electron chi connectivity index (χ4n) is 0.998. The molecule has 3 nitrogen and oxygen atoms in total. The van der Waals surface area contributed by atoms with Crippen molar-refractivity contribution in [2.75, 3.05) is 13.2 Å². The molecular formula is C11H11F2NO2S. The summed E-state index contributed by atoms with van der Waals surface area (Å²) in [7, 11) is 0. The Morgan fingerprint density at radius 3 is 3.00 bits per heavy atom. The molecule has 0 bridgehead atoms. The van der Waals surface area contributed by atoms with Crippen LogP contribution in [0.3, 0.4) is 0 Å². The van der Waals surface area contributed by atoms with Gasteiger partial charge >= 0.3 is 0 Å². The highest BCUT2D eigenvalue weighted by Crippen LogP contribution is 2.13. The Balaban J connectivity index is 2.56. The molecule has 1 aromatic rings. The van der Waals surface area contributed by atoms with Crippen molar-refractivity contribution in [1.82, 2.24) is 5.32 Å². The zero-order chi connectivity index (χ0) is 12.7. The summed E-state index contributed by atoms with van der Waals surface area (Å²) in [6, 6.07) is 1.54. The Bertz CT molecular complexity index is 434. The zero-order valence-corrected chi connectivity index (χ0v) is 9.69. The van der Waals surface area contributed by atoms with Crippen LogP contribution in [0.2, 0.25) is 0 Å². The van der Waals surface area contributed by atoms with Gasteiger partial charge in [0, 0.05) is 11.8 Å². The van der Waals surface area contributed by atoms with E-state index in [1.165, 1.54) is 17.4 Å². The van der Waals surface area contributed by atoms with Crippen LogP contribution in [-0.2, 0) is 0 Å². The highest BCUT2D eigenvalue weighted by molar-refractivity contribution is 7.10. The lowest BCUT2D eigenvalue weighted by atomic mass is 10.3. The third-order valence-electron chi connectivity index (χ3n) is 1.73. The summed E-state index contributed by atoms with van der Waals surface area (Å²) in [5, 5.41) is 12.2. The van der Waals surface area contributed by atoms with Gasteiger partial charge in [-0.2, -0.15) is 0 Å². The lowest BCUT2D eigenvalue weighted by molar-refractivity contribution is 0.0892. The number of carbonyl (C=O) groups is 1. The minimum atomic E-state index is -2.55. The first-order valence-electron chi connectivity index (χ1n) is 4.88. The SMILES string of the molecule is O=C(NCC(F)F)c1csc(C#CCCO)c1. The van der Waals surface area contributed by atoms with Gasteiger partial charge in [0.2, 0.25) is 0 Å². The molecule has 0 radical (unpaired) electrons. The van der Waals surface area contributed by atoms with Gasteiger partial charge in [0.15, 0.2) is 0 Å². The molecule has 0 saturated carbocycles. The van der Waals surface area contributed by atoms with E-state index in [1.54, 1.807) is 5.38 Å². The summed E-state index contributed by atoms with van der Waals surface area (Å²) in [5.74, 6) is 4.95. The van der Waals surface area contributed by atoms with E-state index in [-0.39, 0.29) is 6.61 Å². The molecule has 1 amide bonds. The summed E-state index contributed by atoms with van der Waals surface area (Å²) >= 11 is 1.26. The van der Waals surface area contributed by atoms with Crippen molar-refractivity contribution >= 4 is 17.2 Å². The van der Waals surface area contributed by atoms with Crippen LogP contribution in [0, 0.1) is 11.8 Å². The number of hydrogen-bond donors (Lipinski definition) is 2. The summed E-state index contributed by atoms with van der Waals surface area (Å²) in [5.41, 5.74) is 0.323. The fraction of sp³-hybridized carbons (Fsp3) is 0.364. The van der Waals surface area contributed by atoms with Gasteiger partial charge in [-0.3, -0.25) is 4.79 Å². The Kier molecular flexibility index (Phi) is 5.60. The zero-order valence-electron chi connectivity index (χ0n) is 8.87. The van der Waals surface area contributed by atoms with E-state index in [0.29, 0.717) is 16.9 Å². The van der Waals surface area contributed by atoms with Crippen LogP contribution in [0.5, 0.6) is 0 Å². The van der Waals surface area contributed by atoms with Gasteiger partial charge in [-0.1, -0.05) is 11.8 Å². The van der Waals surface area contributed by atoms with Gasteiger partial charge in [0.1, 0.15) is 0 Å². The lowest BCUT2D eigenvalue weighted by Crippen LogP contribution is -2.28.